The summed E-state index contributed by atoms with van der Waals surface area (Å²) in [5.74, 6) is -0.497. The number of imidazole rings is 1. The van der Waals surface area contributed by atoms with Gasteiger partial charge in [0.15, 0.2) is 11.5 Å². The minimum atomic E-state index is -4.44. The van der Waals surface area contributed by atoms with Crippen LogP contribution in [-0.4, -0.2) is 36.6 Å². The Morgan fingerprint density at radius 2 is 1.89 bits per heavy atom. The predicted octanol–water partition coefficient (Wildman–Crippen LogP) is 6.12. The summed E-state index contributed by atoms with van der Waals surface area (Å²) in [6, 6.07) is 11.9. The first-order valence-corrected chi connectivity index (χ1v) is 11.7. The van der Waals surface area contributed by atoms with E-state index in [-0.39, 0.29) is 18.2 Å². The predicted molar refractivity (Wildman–Crippen MR) is 129 cm³/mol. The Kier molecular flexibility index (Phi) is 6.07. The third-order valence-electron chi connectivity index (χ3n) is 6.19. The minimum absolute atomic E-state index is 0.0359. The van der Waals surface area contributed by atoms with E-state index in [1.807, 2.05) is 6.92 Å². The maximum absolute atomic E-state index is 13.1. The number of anilines is 1. The average Bonchev–Trinajstić information content (AvgIpc) is 3.61. The Bertz CT molecular complexity index is 1450. The second-order valence-electron chi connectivity index (χ2n) is 8.87. The Balaban J connectivity index is 1.69. The number of nitrogens with zero attached hydrogens (tertiary/aromatic N) is 4. The molecule has 2 N–H and O–H groups in total. The standard InChI is InChI=1S/C25H21ClF3N5O2/c1-13(15-7-8-15)30-20-19-21(32-22(31-20)24(35)36)33-23(16-3-2-4-18(26)11-16)34(19)12-14-5-9-17(10-6-14)25(27,28)29/h2-6,9-11,13,15H,7-8,12H2,1H3,(H,35,36)(H,30,31,32). The van der Waals surface area contributed by atoms with Crippen molar-refractivity contribution in [3.05, 3.63) is 70.5 Å². The van der Waals surface area contributed by atoms with Gasteiger partial charge in [0.2, 0.25) is 5.82 Å². The number of hydrogen-bond donors (Lipinski definition) is 2. The van der Waals surface area contributed by atoms with Crippen LogP contribution in [0.4, 0.5) is 19.0 Å². The van der Waals surface area contributed by atoms with Crippen LogP contribution in [0.1, 0.15) is 41.5 Å². The second kappa shape index (κ2) is 9.09. The van der Waals surface area contributed by atoms with Gasteiger partial charge in [-0.15, -0.1) is 0 Å². The normalized spacial score (nSPS) is 14.7. The van der Waals surface area contributed by atoms with Gasteiger partial charge in [0.1, 0.15) is 11.3 Å². The summed E-state index contributed by atoms with van der Waals surface area (Å²) < 4.78 is 41.0. The van der Waals surface area contributed by atoms with E-state index in [4.69, 9.17) is 11.6 Å². The van der Waals surface area contributed by atoms with Gasteiger partial charge in [0.25, 0.3) is 0 Å². The molecule has 2 heterocycles. The number of hydrogen-bond acceptors (Lipinski definition) is 5. The number of carbonyl (C=O) groups is 1. The maximum atomic E-state index is 13.1. The summed E-state index contributed by atoms with van der Waals surface area (Å²) in [5, 5.41) is 13.4. The summed E-state index contributed by atoms with van der Waals surface area (Å²) in [7, 11) is 0. The van der Waals surface area contributed by atoms with E-state index in [1.165, 1.54) is 12.1 Å². The number of alkyl halides is 3. The maximum Gasteiger partial charge on any atom is 0.416 e. The number of aromatic nitrogens is 4. The molecule has 186 valence electrons. The van der Waals surface area contributed by atoms with Crippen LogP contribution < -0.4 is 5.32 Å². The van der Waals surface area contributed by atoms with Crippen LogP contribution in [0.25, 0.3) is 22.6 Å². The highest BCUT2D eigenvalue weighted by Gasteiger charge is 2.31. The van der Waals surface area contributed by atoms with Crippen molar-refractivity contribution in [1.29, 1.82) is 0 Å². The first-order chi connectivity index (χ1) is 17.1. The molecule has 2 aromatic carbocycles. The van der Waals surface area contributed by atoms with Gasteiger partial charge in [-0.3, -0.25) is 0 Å². The summed E-state index contributed by atoms with van der Waals surface area (Å²) in [4.78, 5) is 24.8. The molecule has 1 fully saturated rings. The zero-order chi connectivity index (χ0) is 25.6. The third kappa shape index (κ3) is 4.86. The van der Waals surface area contributed by atoms with E-state index in [1.54, 1.807) is 28.8 Å². The van der Waals surface area contributed by atoms with E-state index in [2.05, 4.69) is 20.3 Å². The Labute approximate surface area is 209 Å². The molecular formula is C25H21ClF3N5O2. The fraction of sp³-hybridized carbons (Fsp3) is 0.280. The van der Waals surface area contributed by atoms with Crippen LogP contribution in [0.3, 0.4) is 0 Å². The molecule has 2 aromatic heterocycles. The summed E-state index contributed by atoms with van der Waals surface area (Å²) in [6.45, 7) is 2.15. The monoisotopic (exact) mass is 515 g/mol. The van der Waals surface area contributed by atoms with Crippen molar-refractivity contribution in [3.8, 4) is 11.4 Å². The topological polar surface area (TPSA) is 92.9 Å². The lowest BCUT2D eigenvalue weighted by molar-refractivity contribution is -0.137. The molecule has 1 atom stereocenters. The van der Waals surface area contributed by atoms with E-state index < -0.39 is 23.5 Å². The van der Waals surface area contributed by atoms with Gasteiger partial charge in [-0.1, -0.05) is 35.9 Å². The van der Waals surface area contributed by atoms with Crippen molar-refractivity contribution in [3.63, 3.8) is 0 Å². The van der Waals surface area contributed by atoms with Crippen LogP contribution in [0, 0.1) is 5.92 Å². The molecule has 1 saturated carbocycles. The number of aromatic carboxylic acids is 1. The SMILES string of the molecule is CC(Nc1nc(C(=O)O)nc2nc(-c3cccc(Cl)c3)n(Cc3ccc(C(F)(F)F)cc3)c12)C1CC1. The highest BCUT2D eigenvalue weighted by Crippen LogP contribution is 2.36. The first kappa shape index (κ1) is 24.1. The molecule has 0 aliphatic heterocycles. The van der Waals surface area contributed by atoms with Crippen molar-refractivity contribution >= 4 is 34.6 Å². The smallest absolute Gasteiger partial charge is 0.416 e. The highest BCUT2D eigenvalue weighted by atomic mass is 35.5. The molecule has 4 aromatic rings. The highest BCUT2D eigenvalue weighted by molar-refractivity contribution is 6.30. The molecular weight excluding hydrogens is 495 g/mol. The Morgan fingerprint density at radius 3 is 2.50 bits per heavy atom. The van der Waals surface area contributed by atoms with E-state index in [0.29, 0.717) is 39.2 Å². The number of rotatable bonds is 7. The van der Waals surface area contributed by atoms with Gasteiger partial charge < -0.3 is 15.0 Å². The molecule has 11 heteroatoms. The van der Waals surface area contributed by atoms with Crippen molar-refractivity contribution in [2.75, 3.05) is 5.32 Å². The lowest BCUT2D eigenvalue weighted by Crippen LogP contribution is -2.20. The van der Waals surface area contributed by atoms with Crippen molar-refractivity contribution in [2.45, 2.75) is 38.5 Å². The molecule has 1 aliphatic rings. The zero-order valence-corrected chi connectivity index (χ0v) is 19.8. The van der Waals surface area contributed by atoms with E-state index in [9.17, 15) is 23.1 Å². The molecule has 1 aliphatic carbocycles. The number of fused-ring (bicyclic) bond motifs is 1. The third-order valence-corrected chi connectivity index (χ3v) is 6.43. The fourth-order valence-electron chi connectivity index (χ4n) is 4.15. The number of nitrogens with one attached hydrogen (secondary N) is 1. The molecule has 5 rings (SSSR count). The Morgan fingerprint density at radius 1 is 1.17 bits per heavy atom. The number of halogens is 4. The van der Waals surface area contributed by atoms with Gasteiger partial charge in [0.05, 0.1) is 5.56 Å². The largest absolute Gasteiger partial charge is 0.475 e. The summed E-state index contributed by atoms with van der Waals surface area (Å²) in [6.07, 6.45) is -2.32. The fourth-order valence-corrected chi connectivity index (χ4v) is 4.34. The van der Waals surface area contributed by atoms with Gasteiger partial charge >= 0.3 is 12.1 Å². The molecule has 0 radical (unpaired) electrons. The van der Waals surface area contributed by atoms with Crippen LogP contribution in [0.2, 0.25) is 5.02 Å². The second-order valence-corrected chi connectivity index (χ2v) is 9.31. The molecule has 7 nitrogen and oxygen atoms in total. The van der Waals surface area contributed by atoms with Crippen LogP contribution in [-0.2, 0) is 12.7 Å². The molecule has 0 amide bonds. The minimum Gasteiger partial charge on any atom is -0.475 e. The molecule has 36 heavy (non-hydrogen) atoms. The van der Waals surface area contributed by atoms with E-state index >= 15 is 0 Å². The number of carboxylic acids is 1. The summed E-state index contributed by atoms with van der Waals surface area (Å²) >= 11 is 6.21. The lowest BCUT2D eigenvalue weighted by Gasteiger charge is -2.17. The van der Waals surface area contributed by atoms with Gasteiger partial charge in [-0.05, 0) is 55.5 Å². The molecule has 1 unspecified atom stereocenters. The van der Waals surface area contributed by atoms with Crippen LogP contribution in [0.5, 0.6) is 0 Å². The molecule has 0 saturated heterocycles. The zero-order valence-electron chi connectivity index (χ0n) is 19.1. The van der Waals surface area contributed by atoms with Gasteiger partial charge in [-0.25, -0.2) is 19.7 Å². The average molecular weight is 516 g/mol. The van der Waals surface area contributed by atoms with Crippen molar-refractivity contribution < 1.29 is 23.1 Å². The lowest BCUT2D eigenvalue weighted by atomic mass is 10.1. The molecule has 0 bridgehead atoms. The molecule has 0 spiro atoms. The van der Waals surface area contributed by atoms with Gasteiger partial charge in [-0.2, -0.15) is 13.2 Å². The van der Waals surface area contributed by atoms with Crippen molar-refractivity contribution in [2.24, 2.45) is 5.92 Å². The number of carboxylic acid groups (broad SMARTS) is 1. The first-order valence-electron chi connectivity index (χ1n) is 11.3. The quantitative estimate of drug-likeness (QED) is 0.308. The van der Waals surface area contributed by atoms with Crippen LogP contribution >= 0.6 is 11.6 Å². The van der Waals surface area contributed by atoms with Gasteiger partial charge in [0, 0.05) is 23.2 Å². The summed E-state index contributed by atoms with van der Waals surface area (Å²) in [5.41, 5.74) is 1.11. The Hall–Kier alpha value is -3.66. The number of benzene rings is 2. The van der Waals surface area contributed by atoms with Crippen LogP contribution in [0.15, 0.2) is 48.5 Å². The van der Waals surface area contributed by atoms with Crippen molar-refractivity contribution in [1.82, 2.24) is 19.5 Å². The van der Waals surface area contributed by atoms with E-state index in [0.717, 1.165) is 25.0 Å².